The zero-order valence-corrected chi connectivity index (χ0v) is 17.9. The highest BCUT2D eigenvalue weighted by atomic mass is 35.5. The number of hydrogen-bond donors (Lipinski definition) is 1. The van der Waals surface area contributed by atoms with Crippen LogP contribution in [0.15, 0.2) is 18.2 Å². The first-order valence-electron chi connectivity index (χ1n) is 10.6. The van der Waals surface area contributed by atoms with Gasteiger partial charge in [0.2, 0.25) is 5.91 Å². The minimum Gasteiger partial charge on any atom is -0.489 e. The molecule has 0 aromatic heterocycles. The third-order valence-electron chi connectivity index (χ3n) is 5.94. The van der Waals surface area contributed by atoms with E-state index >= 15 is 0 Å². The molecule has 6 nitrogen and oxygen atoms in total. The van der Waals surface area contributed by atoms with Crippen molar-refractivity contribution in [3.63, 3.8) is 0 Å². The monoisotopic (exact) mass is 422 g/mol. The number of hydrogen-bond acceptors (Lipinski definition) is 4. The van der Waals surface area contributed by atoms with E-state index in [1.54, 1.807) is 25.1 Å². The molecule has 7 heteroatoms. The highest BCUT2D eigenvalue weighted by Crippen LogP contribution is 2.30. The van der Waals surface area contributed by atoms with Gasteiger partial charge in [-0.25, -0.2) is 0 Å². The second-order valence-corrected chi connectivity index (χ2v) is 8.41. The Morgan fingerprint density at radius 2 is 1.93 bits per heavy atom. The number of aliphatic hydroxyl groups excluding tert-OH is 1. The molecule has 29 heavy (non-hydrogen) atoms. The normalized spacial score (nSPS) is 20.6. The van der Waals surface area contributed by atoms with Crippen LogP contribution in [0.5, 0.6) is 5.75 Å². The summed E-state index contributed by atoms with van der Waals surface area (Å²) in [4.78, 5) is 28.7. The van der Waals surface area contributed by atoms with Gasteiger partial charge in [-0.3, -0.25) is 9.59 Å². The van der Waals surface area contributed by atoms with E-state index in [1.807, 2.05) is 9.80 Å². The second-order valence-electron chi connectivity index (χ2n) is 7.98. The fourth-order valence-electron chi connectivity index (χ4n) is 4.29. The van der Waals surface area contributed by atoms with Gasteiger partial charge in [-0.15, -0.1) is 0 Å². The maximum atomic E-state index is 13.4. The van der Waals surface area contributed by atoms with Crippen molar-refractivity contribution in [3.8, 4) is 5.75 Å². The van der Waals surface area contributed by atoms with E-state index in [4.69, 9.17) is 16.3 Å². The molecule has 1 aromatic rings. The van der Waals surface area contributed by atoms with E-state index in [-0.39, 0.29) is 30.6 Å². The number of halogens is 1. The third-order valence-corrected chi connectivity index (χ3v) is 6.17. The van der Waals surface area contributed by atoms with Crippen LogP contribution < -0.4 is 4.74 Å². The highest BCUT2D eigenvalue weighted by Gasteiger charge is 2.30. The average Bonchev–Trinajstić information content (AvgIpc) is 2.73. The van der Waals surface area contributed by atoms with Crippen molar-refractivity contribution in [2.24, 2.45) is 0 Å². The van der Waals surface area contributed by atoms with Crippen molar-refractivity contribution in [2.45, 2.75) is 64.0 Å². The molecule has 2 aliphatic rings. The van der Waals surface area contributed by atoms with Gasteiger partial charge in [0.05, 0.1) is 5.56 Å². The van der Waals surface area contributed by atoms with Crippen molar-refractivity contribution in [3.05, 3.63) is 28.8 Å². The number of piperidine rings is 2. The average molecular weight is 423 g/mol. The molecule has 1 atom stereocenters. The summed E-state index contributed by atoms with van der Waals surface area (Å²) in [6.45, 7) is 3.79. The van der Waals surface area contributed by atoms with Gasteiger partial charge in [0.15, 0.2) is 0 Å². The van der Waals surface area contributed by atoms with Crippen molar-refractivity contribution < 1.29 is 19.4 Å². The zero-order chi connectivity index (χ0) is 20.8. The van der Waals surface area contributed by atoms with E-state index in [9.17, 15) is 14.7 Å². The van der Waals surface area contributed by atoms with Crippen LogP contribution in [0.4, 0.5) is 0 Å². The quantitative estimate of drug-likeness (QED) is 0.761. The Labute approximate surface area is 177 Å². The van der Waals surface area contributed by atoms with E-state index < -0.39 is 0 Å². The molecular weight excluding hydrogens is 392 g/mol. The number of aliphatic hydroxyl groups is 1. The summed E-state index contributed by atoms with van der Waals surface area (Å²) in [5, 5.41) is 9.70. The van der Waals surface area contributed by atoms with Gasteiger partial charge in [-0.1, -0.05) is 11.6 Å². The SMILES string of the molecule is CC(=O)N1CCC(Oc2ccc(Cl)cc2C(=O)N2CCCC[C@H]2CCCO)CC1. The number of likely N-dealkylation sites (tertiary alicyclic amines) is 2. The zero-order valence-electron chi connectivity index (χ0n) is 17.1. The molecule has 0 aliphatic carbocycles. The molecule has 1 aromatic carbocycles. The van der Waals surface area contributed by atoms with Crippen molar-refractivity contribution in [1.82, 2.24) is 9.80 Å². The van der Waals surface area contributed by atoms with E-state index in [0.29, 0.717) is 35.8 Å². The first-order valence-corrected chi connectivity index (χ1v) is 11.0. The van der Waals surface area contributed by atoms with Crippen LogP contribution >= 0.6 is 11.6 Å². The van der Waals surface area contributed by atoms with Gasteiger partial charge < -0.3 is 19.6 Å². The molecule has 160 valence electrons. The van der Waals surface area contributed by atoms with Gasteiger partial charge >= 0.3 is 0 Å². The Balaban J connectivity index is 1.74. The van der Waals surface area contributed by atoms with Crippen LogP contribution in [-0.4, -0.2) is 65.1 Å². The number of carbonyl (C=O) groups is 2. The fourth-order valence-corrected chi connectivity index (χ4v) is 4.46. The predicted molar refractivity (Wildman–Crippen MR) is 112 cm³/mol. The molecule has 2 aliphatic heterocycles. The molecule has 0 radical (unpaired) electrons. The number of amides is 2. The van der Waals surface area contributed by atoms with E-state index in [0.717, 1.165) is 45.1 Å². The number of ether oxygens (including phenoxy) is 1. The van der Waals surface area contributed by atoms with Crippen LogP contribution in [-0.2, 0) is 4.79 Å². The summed E-state index contributed by atoms with van der Waals surface area (Å²) in [6.07, 6.45) is 6.04. The Bertz CT molecular complexity index is 719. The molecule has 0 bridgehead atoms. The Morgan fingerprint density at radius 1 is 1.17 bits per heavy atom. The molecule has 2 heterocycles. The molecule has 0 saturated carbocycles. The highest BCUT2D eigenvalue weighted by molar-refractivity contribution is 6.31. The number of rotatable bonds is 6. The lowest BCUT2D eigenvalue weighted by Gasteiger charge is -2.36. The van der Waals surface area contributed by atoms with Crippen LogP contribution in [0, 0.1) is 0 Å². The molecule has 0 spiro atoms. The summed E-state index contributed by atoms with van der Waals surface area (Å²) in [5.74, 6) is 0.600. The number of carbonyl (C=O) groups excluding carboxylic acids is 2. The summed E-state index contributed by atoms with van der Waals surface area (Å²) in [5.41, 5.74) is 0.502. The molecule has 3 rings (SSSR count). The summed E-state index contributed by atoms with van der Waals surface area (Å²) < 4.78 is 6.21. The largest absolute Gasteiger partial charge is 0.489 e. The van der Waals surface area contributed by atoms with Crippen LogP contribution in [0.1, 0.15) is 62.2 Å². The summed E-state index contributed by atoms with van der Waals surface area (Å²) in [6, 6.07) is 5.37. The molecule has 2 amide bonds. The molecule has 2 saturated heterocycles. The standard InChI is InChI=1S/C22H31ClN2O4/c1-16(27)24-12-9-19(10-13-24)29-21-8-7-17(23)15-20(21)22(28)25-11-3-2-5-18(25)6-4-14-26/h7-8,15,18-19,26H,2-6,9-14H2,1H3/t18-/m0/s1. The van der Waals surface area contributed by atoms with Crippen LogP contribution in [0.25, 0.3) is 0 Å². The maximum Gasteiger partial charge on any atom is 0.257 e. The van der Waals surface area contributed by atoms with E-state index in [1.165, 1.54) is 0 Å². The number of benzene rings is 1. The lowest BCUT2D eigenvalue weighted by atomic mass is 9.97. The minimum absolute atomic E-state index is 0.0233. The lowest BCUT2D eigenvalue weighted by molar-refractivity contribution is -0.130. The molecule has 1 N–H and O–H groups in total. The number of nitrogens with zero attached hydrogens (tertiary/aromatic N) is 2. The topological polar surface area (TPSA) is 70.1 Å². The molecular formula is C22H31ClN2O4. The van der Waals surface area contributed by atoms with Crippen LogP contribution in [0.3, 0.4) is 0 Å². The van der Waals surface area contributed by atoms with Gasteiger partial charge in [-0.2, -0.15) is 0 Å². The van der Waals surface area contributed by atoms with Gasteiger partial charge in [0.25, 0.3) is 5.91 Å². The van der Waals surface area contributed by atoms with Gasteiger partial charge in [-0.05, 0) is 50.3 Å². The van der Waals surface area contributed by atoms with Crippen molar-refractivity contribution in [1.29, 1.82) is 0 Å². The third kappa shape index (κ3) is 5.64. The molecule has 2 fully saturated rings. The second kappa shape index (κ2) is 10.3. The van der Waals surface area contributed by atoms with Crippen LogP contribution in [0.2, 0.25) is 5.02 Å². The fraction of sp³-hybridized carbons (Fsp3) is 0.636. The summed E-state index contributed by atoms with van der Waals surface area (Å²) >= 11 is 6.21. The first kappa shape index (κ1) is 21.9. The Morgan fingerprint density at radius 3 is 2.62 bits per heavy atom. The Hall–Kier alpha value is -1.79. The Kier molecular flexibility index (Phi) is 7.78. The first-order chi connectivity index (χ1) is 14.0. The predicted octanol–water partition coefficient (Wildman–Crippen LogP) is 3.50. The van der Waals surface area contributed by atoms with E-state index in [2.05, 4.69) is 0 Å². The van der Waals surface area contributed by atoms with Gasteiger partial charge in [0, 0.05) is 57.1 Å². The molecule has 0 unspecified atom stereocenters. The summed E-state index contributed by atoms with van der Waals surface area (Å²) in [7, 11) is 0. The van der Waals surface area contributed by atoms with Crippen molar-refractivity contribution in [2.75, 3.05) is 26.2 Å². The maximum absolute atomic E-state index is 13.4. The van der Waals surface area contributed by atoms with Crippen molar-refractivity contribution >= 4 is 23.4 Å². The lowest BCUT2D eigenvalue weighted by Crippen LogP contribution is -2.44. The van der Waals surface area contributed by atoms with Gasteiger partial charge in [0.1, 0.15) is 11.9 Å². The smallest absolute Gasteiger partial charge is 0.257 e. The minimum atomic E-state index is -0.0497.